The molecule has 0 fully saturated rings. The number of ether oxygens (including phenoxy) is 1. The van der Waals surface area contributed by atoms with Crippen LogP contribution in [0.2, 0.25) is 0 Å². The van der Waals surface area contributed by atoms with Gasteiger partial charge in [-0.2, -0.15) is 0 Å². The Morgan fingerprint density at radius 2 is 1.89 bits per heavy atom. The molecule has 0 bridgehead atoms. The number of amides is 1. The van der Waals surface area contributed by atoms with Crippen LogP contribution in [-0.4, -0.2) is 38.3 Å². The number of sulfone groups is 1. The van der Waals surface area contributed by atoms with Crippen LogP contribution in [0.1, 0.15) is 28.8 Å². The summed E-state index contributed by atoms with van der Waals surface area (Å²) in [6.07, 6.45) is 1.58. The second-order valence-electron chi connectivity index (χ2n) is 6.14. The summed E-state index contributed by atoms with van der Waals surface area (Å²) in [5.74, 6) is -0.908. The Bertz CT molecular complexity index is 952. The highest BCUT2D eigenvalue weighted by Crippen LogP contribution is 2.20. The van der Waals surface area contributed by atoms with Gasteiger partial charge in [0.15, 0.2) is 9.84 Å². The van der Waals surface area contributed by atoms with E-state index < -0.39 is 15.8 Å². The van der Waals surface area contributed by atoms with Gasteiger partial charge in [0.1, 0.15) is 5.75 Å². The summed E-state index contributed by atoms with van der Waals surface area (Å²) < 4.78 is 29.0. The van der Waals surface area contributed by atoms with Crippen LogP contribution in [0.5, 0.6) is 5.75 Å². The van der Waals surface area contributed by atoms with E-state index in [2.05, 4.69) is 5.32 Å². The molecule has 0 spiro atoms. The van der Waals surface area contributed by atoms with Crippen LogP contribution in [0.4, 0.5) is 5.69 Å². The molecule has 0 saturated carbocycles. The molecule has 8 heteroatoms. The fraction of sp³-hybridized carbons (Fsp3) is 0.263. The van der Waals surface area contributed by atoms with E-state index in [1.165, 1.54) is 12.1 Å². The van der Waals surface area contributed by atoms with E-state index in [-0.39, 0.29) is 28.5 Å². The fourth-order valence-electron chi connectivity index (χ4n) is 2.36. The first-order valence-electron chi connectivity index (χ1n) is 8.23. The predicted molar refractivity (Wildman–Crippen MR) is 101 cm³/mol. The number of rotatable bonds is 8. The second kappa shape index (κ2) is 8.68. The Morgan fingerprint density at radius 1 is 1.15 bits per heavy atom. The first kappa shape index (κ1) is 20.4. The predicted octanol–water partition coefficient (Wildman–Crippen LogP) is 2.89. The van der Waals surface area contributed by atoms with E-state index in [1.54, 1.807) is 0 Å². The van der Waals surface area contributed by atoms with Crippen LogP contribution in [-0.2, 0) is 14.6 Å². The largest absolute Gasteiger partial charge is 0.494 e. The molecule has 2 rings (SSSR count). The number of benzene rings is 2. The average molecular weight is 391 g/mol. The smallest absolute Gasteiger partial charge is 0.335 e. The molecule has 0 aliphatic heterocycles. The number of hydrogen-bond acceptors (Lipinski definition) is 5. The van der Waals surface area contributed by atoms with Crippen molar-refractivity contribution in [3.05, 3.63) is 53.6 Å². The third kappa shape index (κ3) is 6.41. The highest BCUT2D eigenvalue weighted by molar-refractivity contribution is 7.90. The van der Waals surface area contributed by atoms with Crippen molar-refractivity contribution in [1.82, 2.24) is 0 Å². The Kier molecular flexibility index (Phi) is 6.57. The topological polar surface area (TPSA) is 110 Å². The third-order valence-electron chi connectivity index (χ3n) is 3.67. The lowest BCUT2D eigenvalue weighted by Crippen LogP contribution is -2.14. The highest BCUT2D eigenvalue weighted by Gasteiger charge is 2.15. The molecule has 0 aliphatic carbocycles. The Morgan fingerprint density at radius 3 is 2.52 bits per heavy atom. The van der Waals surface area contributed by atoms with Crippen LogP contribution < -0.4 is 10.1 Å². The van der Waals surface area contributed by atoms with Gasteiger partial charge >= 0.3 is 5.97 Å². The van der Waals surface area contributed by atoms with Gasteiger partial charge in [-0.1, -0.05) is 12.1 Å². The molecule has 0 heterocycles. The summed E-state index contributed by atoms with van der Waals surface area (Å²) >= 11 is 0. The second-order valence-corrected chi connectivity index (χ2v) is 8.16. The minimum Gasteiger partial charge on any atom is -0.494 e. The molecule has 1 amide bonds. The van der Waals surface area contributed by atoms with Gasteiger partial charge in [-0.25, -0.2) is 13.2 Å². The zero-order chi connectivity index (χ0) is 20.0. The summed E-state index contributed by atoms with van der Waals surface area (Å²) in [7, 11) is -3.61. The summed E-state index contributed by atoms with van der Waals surface area (Å²) in [6.45, 7) is 2.30. The summed E-state index contributed by atoms with van der Waals surface area (Å²) in [5, 5.41) is 11.6. The third-order valence-corrected chi connectivity index (χ3v) is 4.76. The number of carbonyl (C=O) groups is 2. The normalized spacial score (nSPS) is 11.0. The Labute approximate surface area is 157 Å². The van der Waals surface area contributed by atoms with Crippen LogP contribution in [0.15, 0.2) is 47.4 Å². The molecule has 0 aliphatic rings. The van der Waals surface area contributed by atoms with Crippen LogP contribution in [0.3, 0.4) is 0 Å². The van der Waals surface area contributed by atoms with Gasteiger partial charge in [-0.05, 0) is 49.2 Å². The molecule has 0 saturated heterocycles. The number of aromatic carboxylic acids is 1. The lowest BCUT2D eigenvalue weighted by molar-refractivity contribution is -0.116. The molecular formula is C19H21NO6S. The summed E-state index contributed by atoms with van der Waals surface area (Å²) in [5.41, 5.74) is 0.987. The summed E-state index contributed by atoms with van der Waals surface area (Å²) in [6, 6.07) is 11.1. The molecule has 0 radical (unpaired) electrons. The van der Waals surface area contributed by atoms with Gasteiger partial charge in [0.25, 0.3) is 0 Å². The molecule has 0 unspecified atom stereocenters. The zero-order valence-electron chi connectivity index (χ0n) is 15.1. The maximum Gasteiger partial charge on any atom is 0.335 e. The quantitative estimate of drug-likeness (QED) is 0.670. The first-order chi connectivity index (χ1) is 12.6. The molecule has 27 heavy (non-hydrogen) atoms. The number of nitrogens with one attached hydrogen (secondary N) is 1. The molecule has 144 valence electrons. The Balaban J connectivity index is 1.94. The first-order valence-corrected chi connectivity index (χ1v) is 10.1. The molecule has 7 nitrogen and oxygen atoms in total. The van der Waals surface area contributed by atoms with Crippen molar-refractivity contribution in [3.63, 3.8) is 0 Å². The number of hydrogen-bond donors (Lipinski definition) is 2. The van der Waals surface area contributed by atoms with Gasteiger partial charge in [-0.15, -0.1) is 0 Å². The maximum atomic E-state index is 12.1. The van der Waals surface area contributed by atoms with E-state index in [1.807, 2.05) is 31.2 Å². The monoisotopic (exact) mass is 391 g/mol. The highest BCUT2D eigenvalue weighted by atomic mass is 32.2. The van der Waals surface area contributed by atoms with Crippen LogP contribution in [0, 0.1) is 6.92 Å². The van der Waals surface area contributed by atoms with E-state index in [4.69, 9.17) is 9.84 Å². The lowest BCUT2D eigenvalue weighted by Gasteiger charge is -2.09. The van der Waals surface area contributed by atoms with Crippen molar-refractivity contribution in [2.45, 2.75) is 24.7 Å². The van der Waals surface area contributed by atoms with Gasteiger partial charge in [0.2, 0.25) is 5.91 Å². The molecular weight excluding hydrogens is 370 g/mol. The number of carboxylic acids is 1. The van der Waals surface area contributed by atoms with E-state index in [0.29, 0.717) is 13.0 Å². The van der Waals surface area contributed by atoms with Crippen molar-refractivity contribution in [1.29, 1.82) is 0 Å². The number of carboxylic acid groups (broad SMARTS) is 1. The van der Waals surface area contributed by atoms with Gasteiger partial charge < -0.3 is 15.2 Å². The van der Waals surface area contributed by atoms with Gasteiger partial charge in [0.05, 0.1) is 17.1 Å². The minimum absolute atomic E-state index is 0.125. The van der Waals surface area contributed by atoms with E-state index in [0.717, 1.165) is 23.6 Å². The number of aryl methyl sites for hydroxylation is 1. The van der Waals surface area contributed by atoms with Crippen LogP contribution >= 0.6 is 0 Å². The maximum absolute atomic E-state index is 12.1. The number of anilines is 1. The van der Waals surface area contributed by atoms with Crippen molar-refractivity contribution in [2.24, 2.45) is 0 Å². The fourth-order valence-corrected chi connectivity index (χ4v) is 3.04. The standard InChI is InChI=1S/C19H21NO6S/c1-13-5-3-6-16(9-13)26-8-4-7-18(21)20-15-10-14(19(22)23)11-17(12-15)27(2,24)25/h3,5-6,9-12H,4,7-8H2,1-2H3,(H,20,21)(H,22,23). The van der Waals surface area contributed by atoms with Crippen molar-refractivity contribution in [3.8, 4) is 5.75 Å². The van der Waals surface area contributed by atoms with Gasteiger partial charge in [-0.3, -0.25) is 4.79 Å². The molecule has 2 N–H and O–H groups in total. The molecule has 2 aromatic carbocycles. The van der Waals surface area contributed by atoms with Crippen LogP contribution in [0.25, 0.3) is 0 Å². The average Bonchev–Trinajstić information content (AvgIpc) is 2.57. The molecule has 0 aromatic heterocycles. The lowest BCUT2D eigenvalue weighted by atomic mass is 10.2. The Hall–Kier alpha value is -2.87. The van der Waals surface area contributed by atoms with Crippen molar-refractivity contribution < 1.29 is 27.9 Å². The molecule has 0 atom stereocenters. The SMILES string of the molecule is Cc1cccc(OCCCC(=O)Nc2cc(C(=O)O)cc(S(C)(=O)=O)c2)c1. The van der Waals surface area contributed by atoms with Gasteiger partial charge in [0, 0.05) is 18.4 Å². The molecule has 2 aromatic rings. The van der Waals surface area contributed by atoms with E-state index >= 15 is 0 Å². The number of carbonyl (C=O) groups excluding carboxylic acids is 1. The van der Waals surface area contributed by atoms with Crippen molar-refractivity contribution >= 4 is 27.4 Å². The van der Waals surface area contributed by atoms with Crippen molar-refractivity contribution in [2.75, 3.05) is 18.2 Å². The minimum atomic E-state index is -3.61. The van der Waals surface area contributed by atoms with E-state index in [9.17, 15) is 18.0 Å². The zero-order valence-corrected chi connectivity index (χ0v) is 15.9. The summed E-state index contributed by atoms with van der Waals surface area (Å²) in [4.78, 5) is 23.1.